The number of amides is 1. The summed E-state index contributed by atoms with van der Waals surface area (Å²) in [6, 6.07) is 13.8. The maximum atomic E-state index is 13.0. The van der Waals surface area contributed by atoms with Crippen LogP contribution in [0, 0.1) is 5.92 Å². The van der Waals surface area contributed by atoms with E-state index in [-0.39, 0.29) is 17.8 Å². The summed E-state index contributed by atoms with van der Waals surface area (Å²) >= 11 is 5.54. The average molecular weight is 482 g/mol. The van der Waals surface area contributed by atoms with Gasteiger partial charge >= 0.3 is 5.97 Å². The van der Waals surface area contributed by atoms with Crippen molar-refractivity contribution in [2.45, 2.75) is 33.7 Å². The number of carbonyl (C=O) groups is 2. The van der Waals surface area contributed by atoms with Gasteiger partial charge in [-0.3, -0.25) is 4.79 Å². The Hall–Kier alpha value is -3.39. The number of carbonyl (C=O) groups excluding carboxylic acids is 2. The lowest BCUT2D eigenvalue weighted by Gasteiger charge is -2.37. The smallest absolute Gasteiger partial charge is 0.338 e. The van der Waals surface area contributed by atoms with E-state index < -0.39 is 6.04 Å². The van der Waals surface area contributed by atoms with E-state index in [1.165, 1.54) is 0 Å². The predicted octanol–water partition coefficient (Wildman–Crippen LogP) is 4.67. The molecule has 0 radical (unpaired) electrons. The molecule has 1 atom stereocenters. The van der Waals surface area contributed by atoms with E-state index >= 15 is 0 Å². The molecule has 7 nitrogen and oxygen atoms in total. The fourth-order valence-corrected chi connectivity index (χ4v) is 4.09. The number of hydrogen-bond donors (Lipinski definition) is 2. The minimum Gasteiger partial charge on any atom is -0.497 e. The fourth-order valence-electron chi connectivity index (χ4n) is 3.70. The minimum absolute atomic E-state index is 0.223. The Labute approximate surface area is 206 Å². The fraction of sp³-hybridized carbons (Fsp3) is 0.346. The standard InChI is InChI=1S/C26H31N3O4S/c1-6-29-17(4)22(25(31)33-15-16(2)3)23(28-26(29)34)18-7-11-20(12-8-18)27-24(30)19-9-13-21(32-5)14-10-19/h7-14,16,23H,6,15H2,1-5H3,(H,27,30)(H,28,34). The molecule has 0 bridgehead atoms. The van der Waals surface area contributed by atoms with Gasteiger partial charge in [0.15, 0.2) is 5.11 Å². The Balaban J connectivity index is 1.82. The number of nitrogens with zero attached hydrogens (tertiary/aromatic N) is 1. The van der Waals surface area contributed by atoms with Crippen molar-refractivity contribution in [2.24, 2.45) is 5.92 Å². The zero-order valence-electron chi connectivity index (χ0n) is 20.2. The Morgan fingerprint density at radius 2 is 1.76 bits per heavy atom. The van der Waals surface area contributed by atoms with E-state index in [2.05, 4.69) is 10.6 Å². The topological polar surface area (TPSA) is 79.9 Å². The third kappa shape index (κ3) is 5.75. The SMILES string of the molecule is CCN1C(=S)NC(c2ccc(NC(=O)c3ccc(OC)cc3)cc2)C(C(=O)OCC(C)C)=C1C. The molecular weight excluding hydrogens is 450 g/mol. The molecule has 0 aliphatic carbocycles. The van der Waals surface area contributed by atoms with Crippen LogP contribution in [0.1, 0.15) is 49.7 Å². The summed E-state index contributed by atoms with van der Waals surface area (Å²) in [4.78, 5) is 27.5. The molecule has 180 valence electrons. The van der Waals surface area contributed by atoms with Crippen LogP contribution in [0.2, 0.25) is 0 Å². The first-order valence-corrected chi connectivity index (χ1v) is 11.7. The summed E-state index contributed by atoms with van der Waals surface area (Å²) in [5.74, 6) is 0.338. The van der Waals surface area contributed by atoms with E-state index in [0.717, 1.165) is 11.3 Å². The first-order chi connectivity index (χ1) is 16.2. The summed E-state index contributed by atoms with van der Waals surface area (Å²) in [7, 11) is 1.58. The van der Waals surface area contributed by atoms with Crippen LogP contribution in [-0.4, -0.2) is 42.2 Å². The lowest BCUT2D eigenvalue weighted by molar-refractivity contribution is -0.140. The lowest BCUT2D eigenvalue weighted by Crippen LogP contribution is -2.47. The van der Waals surface area contributed by atoms with Crippen molar-refractivity contribution in [3.8, 4) is 5.75 Å². The van der Waals surface area contributed by atoms with Crippen molar-refractivity contribution < 1.29 is 19.1 Å². The molecule has 0 aromatic heterocycles. The highest BCUT2D eigenvalue weighted by molar-refractivity contribution is 7.80. The molecule has 2 aromatic carbocycles. The molecule has 1 aliphatic heterocycles. The van der Waals surface area contributed by atoms with Gasteiger partial charge in [0.1, 0.15) is 5.75 Å². The number of ether oxygens (including phenoxy) is 2. The summed E-state index contributed by atoms with van der Waals surface area (Å²) < 4.78 is 10.7. The second-order valence-corrected chi connectivity index (χ2v) is 8.81. The summed E-state index contributed by atoms with van der Waals surface area (Å²) in [5.41, 5.74) is 3.32. The van der Waals surface area contributed by atoms with Crippen molar-refractivity contribution in [3.05, 3.63) is 70.9 Å². The molecule has 8 heteroatoms. The Kier molecular flexibility index (Phi) is 8.28. The largest absolute Gasteiger partial charge is 0.497 e. The second-order valence-electron chi connectivity index (χ2n) is 8.42. The first kappa shape index (κ1) is 25.2. The Morgan fingerprint density at radius 1 is 1.12 bits per heavy atom. The number of hydrogen-bond acceptors (Lipinski definition) is 5. The van der Waals surface area contributed by atoms with E-state index in [0.29, 0.717) is 40.8 Å². The van der Waals surface area contributed by atoms with Crippen molar-refractivity contribution in [1.82, 2.24) is 10.2 Å². The van der Waals surface area contributed by atoms with E-state index in [4.69, 9.17) is 21.7 Å². The summed E-state index contributed by atoms with van der Waals surface area (Å²) in [5, 5.41) is 6.73. The highest BCUT2D eigenvalue weighted by Crippen LogP contribution is 2.32. The maximum absolute atomic E-state index is 13.0. The van der Waals surface area contributed by atoms with Crippen LogP contribution in [-0.2, 0) is 9.53 Å². The molecule has 0 saturated heterocycles. The molecule has 2 N–H and O–H groups in total. The van der Waals surface area contributed by atoms with Gasteiger partial charge in [0.05, 0.1) is 25.3 Å². The van der Waals surface area contributed by atoms with Crippen LogP contribution in [0.15, 0.2) is 59.8 Å². The van der Waals surface area contributed by atoms with Crippen molar-refractivity contribution in [2.75, 3.05) is 25.6 Å². The van der Waals surface area contributed by atoms with E-state index in [1.54, 1.807) is 43.5 Å². The van der Waals surface area contributed by atoms with Gasteiger partial charge in [-0.2, -0.15) is 0 Å². The summed E-state index contributed by atoms with van der Waals surface area (Å²) in [6.07, 6.45) is 0. The van der Waals surface area contributed by atoms with Crippen LogP contribution in [0.4, 0.5) is 5.69 Å². The quantitative estimate of drug-likeness (QED) is 0.419. The van der Waals surface area contributed by atoms with Crippen molar-refractivity contribution >= 4 is 34.9 Å². The molecule has 0 saturated carbocycles. The number of nitrogens with one attached hydrogen (secondary N) is 2. The lowest BCUT2D eigenvalue weighted by atomic mass is 9.94. The Bertz CT molecular complexity index is 1080. The number of esters is 1. The Morgan fingerprint density at radius 3 is 2.32 bits per heavy atom. The number of thiocarbonyl (C=S) groups is 1. The van der Waals surface area contributed by atoms with Gasteiger partial charge in [0.2, 0.25) is 0 Å². The van der Waals surface area contributed by atoms with Crippen LogP contribution in [0.25, 0.3) is 0 Å². The molecule has 3 rings (SSSR count). The maximum Gasteiger partial charge on any atom is 0.338 e. The highest BCUT2D eigenvalue weighted by atomic mass is 32.1. The molecule has 2 aromatic rings. The van der Waals surface area contributed by atoms with Gasteiger partial charge in [-0.25, -0.2) is 4.79 Å². The zero-order chi connectivity index (χ0) is 24.8. The van der Waals surface area contributed by atoms with Crippen LogP contribution in [0.5, 0.6) is 5.75 Å². The van der Waals surface area contributed by atoms with Crippen molar-refractivity contribution in [3.63, 3.8) is 0 Å². The van der Waals surface area contributed by atoms with Gasteiger partial charge in [-0.15, -0.1) is 0 Å². The normalized spacial score (nSPS) is 15.8. The zero-order valence-corrected chi connectivity index (χ0v) is 21.0. The number of rotatable bonds is 8. The van der Waals surface area contributed by atoms with Crippen LogP contribution < -0.4 is 15.4 Å². The van der Waals surface area contributed by atoms with Gasteiger partial charge in [-0.05, 0) is 73.9 Å². The van der Waals surface area contributed by atoms with Crippen LogP contribution >= 0.6 is 12.2 Å². The monoisotopic (exact) mass is 481 g/mol. The number of benzene rings is 2. The second kappa shape index (κ2) is 11.2. The molecule has 1 amide bonds. The molecule has 1 aliphatic rings. The van der Waals surface area contributed by atoms with E-state index in [1.807, 2.05) is 44.7 Å². The summed E-state index contributed by atoms with van der Waals surface area (Å²) in [6.45, 7) is 8.85. The van der Waals surface area contributed by atoms with Gasteiger partial charge in [0.25, 0.3) is 5.91 Å². The molecular formula is C26H31N3O4S. The molecule has 0 fully saturated rings. The van der Waals surface area contributed by atoms with E-state index in [9.17, 15) is 9.59 Å². The van der Waals surface area contributed by atoms with Gasteiger partial charge in [-0.1, -0.05) is 26.0 Å². The third-order valence-corrected chi connectivity index (χ3v) is 5.87. The number of allylic oxidation sites excluding steroid dienone is 1. The van der Waals surface area contributed by atoms with Gasteiger partial charge in [0, 0.05) is 23.5 Å². The molecule has 1 heterocycles. The minimum atomic E-state index is -0.443. The number of methoxy groups -OCH3 is 1. The first-order valence-electron chi connectivity index (χ1n) is 11.3. The van der Waals surface area contributed by atoms with Crippen molar-refractivity contribution in [1.29, 1.82) is 0 Å². The third-order valence-electron chi connectivity index (χ3n) is 5.53. The molecule has 0 spiro atoms. The van der Waals surface area contributed by atoms with Crippen LogP contribution in [0.3, 0.4) is 0 Å². The number of anilines is 1. The molecule has 1 unspecified atom stereocenters. The van der Waals surface area contributed by atoms with Gasteiger partial charge < -0.3 is 25.0 Å². The predicted molar refractivity (Wildman–Crippen MR) is 137 cm³/mol. The molecule has 34 heavy (non-hydrogen) atoms. The average Bonchev–Trinajstić information content (AvgIpc) is 2.83. The highest BCUT2D eigenvalue weighted by Gasteiger charge is 2.34.